The van der Waals surface area contributed by atoms with Gasteiger partial charge in [0.2, 0.25) is 5.91 Å². The molecule has 1 unspecified atom stereocenters. The lowest BCUT2D eigenvalue weighted by atomic mass is 10.0. The maximum atomic E-state index is 12.5. The van der Waals surface area contributed by atoms with Crippen LogP contribution in [0.3, 0.4) is 0 Å². The van der Waals surface area contributed by atoms with Gasteiger partial charge in [0.1, 0.15) is 0 Å². The summed E-state index contributed by atoms with van der Waals surface area (Å²) >= 11 is 0. The van der Waals surface area contributed by atoms with E-state index in [4.69, 9.17) is 0 Å². The van der Waals surface area contributed by atoms with Gasteiger partial charge in [-0.05, 0) is 49.3 Å². The molecule has 1 atom stereocenters. The van der Waals surface area contributed by atoms with Crippen molar-refractivity contribution in [2.75, 3.05) is 20.6 Å². The van der Waals surface area contributed by atoms with Crippen LogP contribution in [0.1, 0.15) is 46.9 Å². The van der Waals surface area contributed by atoms with E-state index < -0.39 is 0 Å². The highest BCUT2D eigenvalue weighted by Crippen LogP contribution is 2.18. The largest absolute Gasteiger partial charge is 0.352 e. The first-order valence-electron chi connectivity index (χ1n) is 9.27. The van der Waals surface area contributed by atoms with Gasteiger partial charge in [-0.2, -0.15) is 0 Å². The molecule has 2 aromatic carbocycles. The highest BCUT2D eigenvalue weighted by atomic mass is 16.2. The van der Waals surface area contributed by atoms with Crippen LogP contribution >= 0.6 is 0 Å². The number of amides is 2. The number of benzene rings is 2. The summed E-state index contributed by atoms with van der Waals surface area (Å²) < 4.78 is 0. The smallest absolute Gasteiger partial charge is 0.251 e. The van der Waals surface area contributed by atoms with E-state index in [9.17, 15) is 9.59 Å². The Balaban J connectivity index is 1.97. The third-order valence-electron chi connectivity index (χ3n) is 4.61. The number of nitrogens with one attached hydrogen (secondary N) is 2. The van der Waals surface area contributed by atoms with Crippen LogP contribution in [0.4, 0.5) is 0 Å². The van der Waals surface area contributed by atoms with E-state index in [2.05, 4.69) is 46.7 Å². The third kappa shape index (κ3) is 6.22. The molecule has 2 amide bonds. The average molecular weight is 367 g/mol. The SMILES string of the molecule is CCc1ccc(C(CNC(=O)c2ccc(CNC(C)=O)cc2)N(C)C)cc1. The fraction of sp³-hybridized carbons (Fsp3) is 0.364. The molecule has 0 saturated carbocycles. The maximum absolute atomic E-state index is 12.5. The van der Waals surface area contributed by atoms with Gasteiger partial charge in [-0.1, -0.05) is 43.3 Å². The van der Waals surface area contributed by atoms with Crippen LogP contribution < -0.4 is 10.6 Å². The molecule has 5 nitrogen and oxygen atoms in total. The molecule has 27 heavy (non-hydrogen) atoms. The molecule has 0 aliphatic heterocycles. The first kappa shape index (κ1) is 20.6. The van der Waals surface area contributed by atoms with Crippen LogP contribution in [0.2, 0.25) is 0 Å². The summed E-state index contributed by atoms with van der Waals surface area (Å²) in [6.45, 7) is 4.62. The zero-order chi connectivity index (χ0) is 19.8. The van der Waals surface area contributed by atoms with E-state index in [1.54, 1.807) is 12.1 Å². The van der Waals surface area contributed by atoms with Crippen LogP contribution in [0, 0.1) is 0 Å². The van der Waals surface area contributed by atoms with Crippen LogP contribution in [-0.4, -0.2) is 37.4 Å². The van der Waals surface area contributed by atoms with Crippen LogP contribution in [-0.2, 0) is 17.8 Å². The minimum absolute atomic E-state index is 0.0708. The molecule has 0 aliphatic rings. The monoisotopic (exact) mass is 367 g/mol. The van der Waals surface area contributed by atoms with Gasteiger partial charge in [-0.25, -0.2) is 0 Å². The van der Waals surface area contributed by atoms with Crippen LogP contribution in [0.15, 0.2) is 48.5 Å². The number of likely N-dealkylation sites (N-methyl/N-ethyl adjacent to an activating group) is 1. The van der Waals surface area contributed by atoms with E-state index >= 15 is 0 Å². The molecule has 5 heteroatoms. The van der Waals surface area contributed by atoms with Gasteiger partial charge in [0.25, 0.3) is 5.91 Å². The highest BCUT2D eigenvalue weighted by Gasteiger charge is 2.16. The van der Waals surface area contributed by atoms with Crippen molar-refractivity contribution in [3.63, 3.8) is 0 Å². The summed E-state index contributed by atoms with van der Waals surface area (Å²) in [5.41, 5.74) is 4.06. The number of rotatable bonds is 8. The number of hydrogen-bond acceptors (Lipinski definition) is 3. The van der Waals surface area contributed by atoms with Crippen LogP contribution in [0.25, 0.3) is 0 Å². The molecule has 0 aromatic heterocycles. The molecular formula is C22H29N3O2. The Kier molecular flexibility index (Phi) is 7.55. The van der Waals surface area contributed by atoms with E-state index in [1.807, 2.05) is 26.2 Å². The molecule has 0 aliphatic carbocycles. The normalized spacial score (nSPS) is 11.9. The first-order valence-corrected chi connectivity index (χ1v) is 9.27. The molecule has 0 fully saturated rings. The minimum atomic E-state index is -0.0990. The van der Waals surface area contributed by atoms with Crippen LogP contribution in [0.5, 0.6) is 0 Å². The Hall–Kier alpha value is -2.66. The average Bonchev–Trinajstić information content (AvgIpc) is 2.67. The van der Waals surface area contributed by atoms with Crippen molar-refractivity contribution in [1.29, 1.82) is 0 Å². The van der Waals surface area contributed by atoms with Gasteiger partial charge in [0.15, 0.2) is 0 Å². The molecule has 0 heterocycles. The predicted molar refractivity (Wildman–Crippen MR) is 109 cm³/mol. The second-order valence-electron chi connectivity index (χ2n) is 6.89. The number of carbonyl (C=O) groups is 2. The fourth-order valence-corrected chi connectivity index (χ4v) is 2.87. The quantitative estimate of drug-likeness (QED) is 0.754. The zero-order valence-electron chi connectivity index (χ0n) is 16.6. The first-order chi connectivity index (χ1) is 12.9. The number of aryl methyl sites for hydroxylation is 1. The summed E-state index contributed by atoms with van der Waals surface area (Å²) in [4.78, 5) is 25.6. The van der Waals surface area contributed by atoms with Gasteiger partial charge in [-0.3, -0.25) is 9.59 Å². The Morgan fingerprint density at radius 1 is 0.926 bits per heavy atom. The molecule has 144 valence electrons. The van der Waals surface area contributed by atoms with Crippen molar-refractivity contribution in [2.24, 2.45) is 0 Å². The minimum Gasteiger partial charge on any atom is -0.352 e. The lowest BCUT2D eigenvalue weighted by Gasteiger charge is -2.25. The van der Waals surface area contributed by atoms with Crippen molar-refractivity contribution in [2.45, 2.75) is 32.9 Å². The topological polar surface area (TPSA) is 61.4 Å². The molecule has 0 bridgehead atoms. The van der Waals surface area contributed by atoms with Gasteiger partial charge in [0.05, 0.1) is 6.04 Å². The fourth-order valence-electron chi connectivity index (χ4n) is 2.87. The van der Waals surface area contributed by atoms with Crippen molar-refractivity contribution >= 4 is 11.8 Å². The lowest BCUT2D eigenvalue weighted by Crippen LogP contribution is -2.34. The standard InChI is InChI=1S/C22H29N3O2/c1-5-17-6-10-19(11-7-17)21(25(3)4)15-24-22(27)20-12-8-18(9-13-20)14-23-16(2)26/h6-13,21H,5,14-15H2,1-4H3,(H,23,26)(H,24,27). The third-order valence-corrected chi connectivity index (χ3v) is 4.61. The van der Waals surface area contributed by atoms with E-state index in [1.165, 1.54) is 18.1 Å². The van der Waals surface area contributed by atoms with Crippen molar-refractivity contribution in [1.82, 2.24) is 15.5 Å². The Bertz CT molecular complexity index is 752. The van der Waals surface area contributed by atoms with Gasteiger partial charge < -0.3 is 15.5 Å². The Morgan fingerprint density at radius 3 is 2.04 bits per heavy atom. The highest BCUT2D eigenvalue weighted by molar-refractivity contribution is 5.94. The molecule has 0 saturated heterocycles. The maximum Gasteiger partial charge on any atom is 0.251 e. The van der Waals surface area contributed by atoms with Gasteiger partial charge in [0, 0.05) is 25.6 Å². The second-order valence-corrected chi connectivity index (χ2v) is 6.89. The molecule has 2 rings (SSSR count). The molecular weight excluding hydrogens is 338 g/mol. The molecule has 0 radical (unpaired) electrons. The number of nitrogens with zero attached hydrogens (tertiary/aromatic N) is 1. The molecule has 2 N–H and O–H groups in total. The van der Waals surface area contributed by atoms with Crippen molar-refractivity contribution < 1.29 is 9.59 Å². The van der Waals surface area contributed by atoms with Gasteiger partial charge >= 0.3 is 0 Å². The van der Waals surface area contributed by atoms with E-state index in [0.29, 0.717) is 18.7 Å². The number of carbonyl (C=O) groups excluding carboxylic acids is 2. The summed E-state index contributed by atoms with van der Waals surface area (Å²) in [6, 6.07) is 15.9. The second kappa shape index (κ2) is 9.88. The van der Waals surface area contributed by atoms with Crippen molar-refractivity contribution in [3.05, 3.63) is 70.8 Å². The molecule has 0 spiro atoms. The zero-order valence-corrected chi connectivity index (χ0v) is 16.6. The van der Waals surface area contributed by atoms with E-state index in [-0.39, 0.29) is 17.9 Å². The van der Waals surface area contributed by atoms with E-state index in [0.717, 1.165) is 12.0 Å². The molecule has 2 aromatic rings. The summed E-state index contributed by atoms with van der Waals surface area (Å²) in [7, 11) is 4.03. The Labute approximate surface area is 161 Å². The number of hydrogen-bond donors (Lipinski definition) is 2. The Morgan fingerprint density at radius 2 is 1.52 bits per heavy atom. The lowest BCUT2D eigenvalue weighted by molar-refractivity contribution is -0.119. The summed E-state index contributed by atoms with van der Waals surface area (Å²) in [5, 5.41) is 5.77. The summed E-state index contributed by atoms with van der Waals surface area (Å²) in [5.74, 6) is -0.170. The van der Waals surface area contributed by atoms with Gasteiger partial charge in [-0.15, -0.1) is 0 Å². The predicted octanol–water partition coefficient (Wildman–Crippen LogP) is 2.92. The summed E-state index contributed by atoms with van der Waals surface area (Å²) in [6.07, 6.45) is 1.02. The van der Waals surface area contributed by atoms with Crippen molar-refractivity contribution in [3.8, 4) is 0 Å².